The van der Waals surface area contributed by atoms with Gasteiger partial charge in [0.1, 0.15) is 5.82 Å². The molecule has 1 aliphatic carbocycles. The topological polar surface area (TPSA) is 85.8 Å². The Kier molecular flexibility index (Phi) is 4.27. The number of aryl methyl sites for hydroxylation is 1. The number of halogens is 1. The van der Waals surface area contributed by atoms with Crippen molar-refractivity contribution in [3.8, 4) is 5.69 Å². The first-order chi connectivity index (χ1) is 11.1. The lowest BCUT2D eigenvalue weighted by Crippen LogP contribution is -2.36. The molecule has 0 atom stereocenters. The first kappa shape index (κ1) is 15.5. The highest BCUT2D eigenvalue weighted by Gasteiger charge is 2.22. The number of hydrogen-bond donors (Lipinski definition) is 2. The molecule has 0 aliphatic heterocycles. The van der Waals surface area contributed by atoms with Crippen molar-refractivity contribution >= 4 is 11.7 Å². The van der Waals surface area contributed by atoms with Gasteiger partial charge in [0, 0.05) is 6.04 Å². The second-order valence-electron chi connectivity index (χ2n) is 5.98. The first-order valence-electron chi connectivity index (χ1n) is 7.85. The minimum absolute atomic E-state index is 0.0801. The average molecular weight is 317 g/mol. The van der Waals surface area contributed by atoms with E-state index in [-0.39, 0.29) is 29.3 Å². The van der Waals surface area contributed by atoms with Crippen molar-refractivity contribution in [2.24, 2.45) is 0 Å². The zero-order valence-electron chi connectivity index (χ0n) is 13.1. The zero-order valence-corrected chi connectivity index (χ0v) is 13.1. The van der Waals surface area contributed by atoms with Crippen LogP contribution in [0.2, 0.25) is 0 Å². The number of carbonyl (C=O) groups is 1. The maximum Gasteiger partial charge on any atom is 0.275 e. The Labute approximate surface area is 133 Å². The van der Waals surface area contributed by atoms with Crippen LogP contribution >= 0.6 is 0 Å². The molecule has 1 heterocycles. The number of nitrogen functional groups attached to an aromatic ring is 1. The molecule has 2 aromatic rings. The molecule has 0 spiro atoms. The van der Waals surface area contributed by atoms with Crippen molar-refractivity contribution in [2.45, 2.75) is 45.1 Å². The van der Waals surface area contributed by atoms with Gasteiger partial charge in [-0.25, -0.2) is 4.39 Å². The SMILES string of the molecule is Cc1ccc(-n2nnc(C(=O)NC3CCCCC3)c2N)cc1F. The molecule has 0 unspecified atom stereocenters. The van der Waals surface area contributed by atoms with Crippen LogP contribution in [0.3, 0.4) is 0 Å². The number of amides is 1. The summed E-state index contributed by atoms with van der Waals surface area (Å²) < 4.78 is 15.0. The van der Waals surface area contributed by atoms with Crippen molar-refractivity contribution in [3.05, 3.63) is 35.3 Å². The van der Waals surface area contributed by atoms with Crippen LogP contribution in [0.4, 0.5) is 10.2 Å². The second-order valence-corrected chi connectivity index (χ2v) is 5.98. The third kappa shape index (κ3) is 3.18. The van der Waals surface area contributed by atoms with E-state index in [1.807, 2.05) is 0 Å². The van der Waals surface area contributed by atoms with Crippen LogP contribution < -0.4 is 11.1 Å². The Balaban J connectivity index is 1.80. The van der Waals surface area contributed by atoms with Crippen LogP contribution in [0.5, 0.6) is 0 Å². The predicted octanol–water partition coefficient (Wildman–Crippen LogP) is 2.36. The van der Waals surface area contributed by atoms with E-state index in [0.29, 0.717) is 11.3 Å². The Morgan fingerprint density at radius 3 is 2.78 bits per heavy atom. The molecular weight excluding hydrogens is 297 g/mol. The van der Waals surface area contributed by atoms with Crippen LogP contribution in [-0.2, 0) is 0 Å². The number of benzene rings is 1. The molecule has 6 nitrogen and oxygen atoms in total. The fourth-order valence-electron chi connectivity index (χ4n) is 2.86. The molecule has 1 aliphatic rings. The summed E-state index contributed by atoms with van der Waals surface area (Å²) in [7, 11) is 0. The van der Waals surface area contributed by atoms with Crippen LogP contribution in [0.25, 0.3) is 5.69 Å². The van der Waals surface area contributed by atoms with E-state index in [1.165, 1.54) is 17.2 Å². The number of nitrogens with zero attached hydrogens (tertiary/aromatic N) is 3. The lowest BCUT2D eigenvalue weighted by atomic mass is 9.95. The van der Waals surface area contributed by atoms with Gasteiger partial charge in [-0.05, 0) is 37.5 Å². The van der Waals surface area contributed by atoms with Gasteiger partial charge >= 0.3 is 0 Å². The highest BCUT2D eigenvalue weighted by molar-refractivity contribution is 5.96. The molecule has 0 saturated heterocycles. The zero-order chi connectivity index (χ0) is 16.4. The molecule has 1 aromatic heterocycles. The van der Waals surface area contributed by atoms with Gasteiger partial charge in [0.15, 0.2) is 11.5 Å². The molecule has 1 amide bonds. The number of hydrogen-bond acceptors (Lipinski definition) is 4. The summed E-state index contributed by atoms with van der Waals surface area (Å²) in [6, 6.07) is 4.81. The third-order valence-electron chi connectivity index (χ3n) is 4.26. The van der Waals surface area contributed by atoms with Crippen molar-refractivity contribution in [1.29, 1.82) is 0 Å². The number of nitrogens with two attached hydrogens (primary N) is 1. The minimum Gasteiger partial charge on any atom is -0.382 e. The summed E-state index contributed by atoms with van der Waals surface area (Å²) in [5.74, 6) is -0.569. The summed E-state index contributed by atoms with van der Waals surface area (Å²) in [6.07, 6.45) is 5.40. The van der Waals surface area contributed by atoms with Gasteiger partial charge in [-0.2, -0.15) is 4.68 Å². The maximum atomic E-state index is 13.7. The quantitative estimate of drug-likeness (QED) is 0.910. The van der Waals surface area contributed by atoms with Gasteiger partial charge < -0.3 is 11.1 Å². The van der Waals surface area contributed by atoms with E-state index in [4.69, 9.17) is 5.73 Å². The molecular formula is C16H20FN5O. The van der Waals surface area contributed by atoms with Gasteiger partial charge in [0.25, 0.3) is 5.91 Å². The van der Waals surface area contributed by atoms with E-state index >= 15 is 0 Å². The standard InChI is InChI=1S/C16H20FN5O/c1-10-7-8-12(9-13(10)17)22-15(18)14(20-21-22)16(23)19-11-5-3-2-4-6-11/h7-9,11H,2-6,18H2,1H3,(H,19,23). The smallest absolute Gasteiger partial charge is 0.275 e. The summed E-state index contributed by atoms with van der Waals surface area (Å²) in [6.45, 7) is 1.67. The molecule has 0 bridgehead atoms. The fourth-order valence-corrected chi connectivity index (χ4v) is 2.86. The van der Waals surface area contributed by atoms with E-state index in [9.17, 15) is 9.18 Å². The Bertz CT molecular complexity index is 721. The van der Waals surface area contributed by atoms with E-state index in [1.54, 1.807) is 19.1 Å². The van der Waals surface area contributed by atoms with Crippen molar-refractivity contribution in [2.75, 3.05) is 5.73 Å². The molecule has 3 N–H and O–H groups in total. The third-order valence-corrected chi connectivity index (χ3v) is 4.26. The molecule has 3 rings (SSSR count). The van der Waals surface area contributed by atoms with Gasteiger partial charge in [-0.15, -0.1) is 5.10 Å². The normalized spacial score (nSPS) is 15.6. The summed E-state index contributed by atoms with van der Waals surface area (Å²) >= 11 is 0. The van der Waals surface area contributed by atoms with Gasteiger partial charge in [0.05, 0.1) is 5.69 Å². The van der Waals surface area contributed by atoms with Gasteiger partial charge in [0.2, 0.25) is 0 Å². The van der Waals surface area contributed by atoms with Crippen molar-refractivity contribution in [3.63, 3.8) is 0 Å². The molecule has 23 heavy (non-hydrogen) atoms. The molecule has 1 fully saturated rings. The lowest BCUT2D eigenvalue weighted by Gasteiger charge is -2.22. The molecule has 1 saturated carbocycles. The van der Waals surface area contributed by atoms with Crippen molar-refractivity contribution in [1.82, 2.24) is 20.3 Å². The highest BCUT2D eigenvalue weighted by Crippen LogP contribution is 2.20. The molecule has 7 heteroatoms. The number of carbonyl (C=O) groups excluding carboxylic acids is 1. The van der Waals surface area contributed by atoms with Crippen LogP contribution in [0.1, 0.15) is 48.2 Å². The maximum absolute atomic E-state index is 13.7. The van der Waals surface area contributed by atoms with Crippen LogP contribution in [0.15, 0.2) is 18.2 Å². The number of anilines is 1. The first-order valence-corrected chi connectivity index (χ1v) is 7.85. The Hall–Kier alpha value is -2.44. The predicted molar refractivity (Wildman–Crippen MR) is 84.8 cm³/mol. The lowest BCUT2D eigenvalue weighted by molar-refractivity contribution is 0.0923. The van der Waals surface area contributed by atoms with Crippen LogP contribution in [-0.4, -0.2) is 26.9 Å². The molecule has 0 radical (unpaired) electrons. The van der Waals surface area contributed by atoms with E-state index < -0.39 is 0 Å². The number of nitrogens with one attached hydrogen (secondary N) is 1. The summed E-state index contributed by atoms with van der Waals surface area (Å²) in [4.78, 5) is 12.3. The Morgan fingerprint density at radius 1 is 1.35 bits per heavy atom. The summed E-state index contributed by atoms with van der Waals surface area (Å²) in [5.41, 5.74) is 7.03. The van der Waals surface area contributed by atoms with Crippen LogP contribution in [0, 0.1) is 12.7 Å². The number of aromatic nitrogens is 3. The van der Waals surface area contributed by atoms with Gasteiger partial charge in [-0.1, -0.05) is 30.5 Å². The fraction of sp³-hybridized carbons (Fsp3) is 0.438. The Morgan fingerprint density at radius 2 is 2.09 bits per heavy atom. The number of rotatable bonds is 3. The summed E-state index contributed by atoms with van der Waals surface area (Å²) in [5, 5.41) is 10.7. The highest BCUT2D eigenvalue weighted by atomic mass is 19.1. The molecule has 1 aromatic carbocycles. The van der Waals surface area contributed by atoms with E-state index in [0.717, 1.165) is 25.7 Å². The average Bonchev–Trinajstić information content (AvgIpc) is 2.93. The minimum atomic E-state index is -0.356. The second kappa shape index (κ2) is 6.36. The monoisotopic (exact) mass is 317 g/mol. The van der Waals surface area contributed by atoms with Crippen molar-refractivity contribution < 1.29 is 9.18 Å². The van der Waals surface area contributed by atoms with E-state index in [2.05, 4.69) is 15.6 Å². The van der Waals surface area contributed by atoms with Gasteiger partial charge in [-0.3, -0.25) is 4.79 Å². The largest absolute Gasteiger partial charge is 0.382 e. The molecule has 122 valence electrons.